The van der Waals surface area contributed by atoms with Gasteiger partial charge in [-0.3, -0.25) is 4.90 Å². The molecule has 1 fully saturated rings. The van der Waals surface area contributed by atoms with Gasteiger partial charge in [-0.25, -0.2) is 0 Å². The van der Waals surface area contributed by atoms with Crippen molar-refractivity contribution in [2.45, 2.75) is 6.04 Å². The Morgan fingerprint density at radius 2 is 1.24 bits per heavy atom. The van der Waals surface area contributed by atoms with E-state index in [9.17, 15) is 0 Å². The molecule has 7 heteroatoms. The molecular formula is C22H30N2O5. The van der Waals surface area contributed by atoms with Gasteiger partial charge in [0.25, 0.3) is 0 Å². The number of rotatable bonds is 8. The third-order valence-electron chi connectivity index (χ3n) is 5.29. The highest BCUT2D eigenvalue weighted by atomic mass is 16.5. The minimum Gasteiger partial charge on any atom is -0.496 e. The minimum absolute atomic E-state index is 0.141. The van der Waals surface area contributed by atoms with Crippen molar-refractivity contribution in [3.05, 3.63) is 41.5 Å². The lowest BCUT2D eigenvalue weighted by molar-refractivity contribution is 0.189. The van der Waals surface area contributed by atoms with Crippen molar-refractivity contribution in [1.82, 2.24) is 10.2 Å². The van der Waals surface area contributed by atoms with Crippen LogP contribution in [0.1, 0.15) is 17.2 Å². The Hall–Kier alpha value is -2.64. The fraction of sp³-hybridized carbons (Fsp3) is 0.455. The maximum atomic E-state index is 5.77. The normalized spacial score (nSPS) is 15.5. The Kier molecular flexibility index (Phi) is 7.06. The predicted molar refractivity (Wildman–Crippen MR) is 112 cm³/mol. The van der Waals surface area contributed by atoms with Crippen LogP contribution in [-0.2, 0) is 0 Å². The number of piperazine rings is 1. The Balaban J connectivity index is 2.26. The van der Waals surface area contributed by atoms with E-state index < -0.39 is 0 Å². The third kappa shape index (κ3) is 4.21. The van der Waals surface area contributed by atoms with Gasteiger partial charge >= 0.3 is 0 Å². The molecule has 7 nitrogen and oxygen atoms in total. The highest BCUT2D eigenvalue weighted by Crippen LogP contribution is 2.46. The maximum absolute atomic E-state index is 5.77. The predicted octanol–water partition coefficient (Wildman–Crippen LogP) is 2.72. The minimum atomic E-state index is -0.141. The van der Waals surface area contributed by atoms with Gasteiger partial charge in [0.15, 0.2) is 11.5 Å². The Morgan fingerprint density at radius 1 is 0.724 bits per heavy atom. The van der Waals surface area contributed by atoms with Crippen LogP contribution in [0.15, 0.2) is 30.3 Å². The molecule has 1 atom stereocenters. The zero-order chi connectivity index (χ0) is 20.8. The highest BCUT2D eigenvalue weighted by molar-refractivity contribution is 5.58. The molecule has 0 aliphatic carbocycles. The molecule has 2 aromatic rings. The second-order valence-corrected chi connectivity index (χ2v) is 6.71. The monoisotopic (exact) mass is 402 g/mol. The van der Waals surface area contributed by atoms with Crippen LogP contribution < -0.4 is 29.0 Å². The molecular weight excluding hydrogens is 372 g/mol. The van der Waals surface area contributed by atoms with Crippen molar-refractivity contribution in [2.75, 3.05) is 61.7 Å². The quantitative estimate of drug-likeness (QED) is 0.728. The number of nitrogens with zero attached hydrogens (tertiary/aromatic N) is 1. The SMILES string of the molecule is COc1cc(OC)c(C(c2c(OC)cccc2OC)N2CCNCC2)cc1OC. The van der Waals surface area contributed by atoms with Crippen LogP contribution in [-0.4, -0.2) is 66.6 Å². The van der Waals surface area contributed by atoms with E-state index in [1.54, 1.807) is 35.5 Å². The van der Waals surface area contributed by atoms with Crippen molar-refractivity contribution in [1.29, 1.82) is 0 Å². The van der Waals surface area contributed by atoms with Gasteiger partial charge in [-0.15, -0.1) is 0 Å². The van der Waals surface area contributed by atoms with Crippen LogP contribution in [0.3, 0.4) is 0 Å². The first-order chi connectivity index (χ1) is 14.2. The summed E-state index contributed by atoms with van der Waals surface area (Å²) in [6.07, 6.45) is 0. The van der Waals surface area contributed by atoms with Crippen LogP contribution in [0.25, 0.3) is 0 Å². The molecule has 29 heavy (non-hydrogen) atoms. The van der Waals surface area contributed by atoms with Crippen LogP contribution in [0.4, 0.5) is 0 Å². The molecule has 0 radical (unpaired) electrons. The van der Waals surface area contributed by atoms with E-state index in [2.05, 4.69) is 10.2 Å². The second kappa shape index (κ2) is 9.71. The van der Waals surface area contributed by atoms with Crippen LogP contribution in [0.2, 0.25) is 0 Å². The molecule has 1 aliphatic heterocycles. The van der Waals surface area contributed by atoms with E-state index in [1.165, 1.54) is 0 Å². The molecule has 1 unspecified atom stereocenters. The molecule has 158 valence electrons. The van der Waals surface area contributed by atoms with Crippen LogP contribution in [0.5, 0.6) is 28.7 Å². The third-order valence-corrected chi connectivity index (χ3v) is 5.29. The molecule has 0 aromatic heterocycles. The molecule has 1 saturated heterocycles. The van der Waals surface area contributed by atoms with Crippen molar-refractivity contribution < 1.29 is 23.7 Å². The second-order valence-electron chi connectivity index (χ2n) is 6.71. The van der Waals surface area contributed by atoms with Gasteiger partial charge in [0, 0.05) is 37.8 Å². The van der Waals surface area contributed by atoms with Crippen LogP contribution in [0, 0.1) is 0 Å². The van der Waals surface area contributed by atoms with Crippen molar-refractivity contribution in [3.63, 3.8) is 0 Å². The number of methoxy groups -OCH3 is 5. The van der Waals surface area contributed by atoms with Crippen molar-refractivity contribution >= 4 is 0 Å². The molecule has 3 rings (SSSR count). The summed E-state index contributed by atoms with van der Waals surface area (Å²) in [6, 6.07) is 9.56. The topological polar surface area (TPSA) is 61.4 Å². The number of hydrogen-bond donors (Lipinski definition) is 1. The van der Waals surface area contributed by atoms with Gasteiger partial charge in [0.2, 0.25) is 0 Å². The summed E-state index contributed by atoms with van der Waals surface area (Å²) >= 11 is 0. The van der Waals surface area contributed by atoms with E-state index in [-0.39, 0.29) is 6.04 Å². The standard InChI is InChI=1S/C22H30N2O5/c1-25-16-7-6-8-17(26-2)21(16)22(24-11-9-23-10-12-24)15-13-19(28-4)20(29-5)14-18(15)27-3/h6-8,13-14,22-23H,9-12H2,1-5H3. The fourth-order valence-corrected chi connectivity index (χ4v) is 3.89. The fourth-order valence-electron chi connectivity index (χ4n) is 3.89. The number of benzene rings is 2. The molecule has 2 aromatic carbocycles. The molecule has 1 heterocycles. The Labute approximate surface area is 172 Å². The number of ether oxygens (including phenoxy) is 5. The summed E-state index contributed by atoms with van der Waals surface area (Å²) in [5.74, 6) is 3.53. The van der Waals surface area contributed by atoms with Gasteiger partial charge < -0.3 is 29.0 Å². The van der Waals surface area contributed by atoms with Crippen LogP contribution >= 0.6 is 0 Å². The van der Waals surface area contributed by atoms with Gasteiger partial charge in [0.05, 0.1) is 47.2 Å². The van der Waals surface area contributed by atoms with E-state index in [0.29, 0.717) is 11.5 Å². The molecule has 0 saturated carbocycles. The molecule has 0 amide bonds. The first kappa shape index (κ1) is 21.1. The van der Waals surface area contributed by atoms with Gasteiger partial charge in [-0.2, -0.15) is 0 Å². The van der Waals surface area contributed by atoms with Crippen molar-refractivity contribution in [2.24, 2.45) is 0 Å². The Morgan fingerprint density at radius 3 is 1.76 bits per heavy atom. The summed E-state index contributed by atoms with van der Waals surface area (Å²) in [5, 5.41) is 3.42. The average molecular weight is 402 g/mol. The highest BCUT2D eigenvalue weighted by Gasteiger charge is 2.32. The number of nitrogens with one attached hydrogen (secondary N) is 1. The zero-order valence-corrected chi connectivity index (χ0v) is 17.8. The molecule has 1 N–H and O–H groups in total. The lowest BCUT2D eigenvalue weighted by atomic mass is 9.93. The van der Waals surface area contributed by atoms with E-state index in [1.807, 2.05) is 30.3 Å². The van der Waals surface area contributed by atoms with Crippen molar-refractivity contribution in [3.8, 4) is 28.7 Å². The molecule has 0 spiro atoms. The van der Waals surface area contributed by atoms with Gasteiger partial charge in [-0.05, 0) is 18.2 Å². The first-order valence-corrected chi connectivity index (χ1v) is 9.64. The zero-order valence-electron chi connectivity index (χ0n) is 17.8. The summed E-state index contributed by atoms with van der Waals surface area (Å²) < 4.78 is 28.3. The van der Waals surface area contributed by atoms with Gasteiger partial charge in [-0.1, -0.05) is 6.07 Å². The summed E-state index contributed by atoms with van der Waals surface area (Å²) in [4.78, 5) is 2.40. The lowest BCUT2D eigenvalue weighted by Gasteiger charge is -2.37. The largest absolute Gasteiger partial charge is 0.496 e. The van der Waals surface area contributed by atoms with E-state index in [4.69, 9.17) is 23.7 Å². The Bertz CT molecular complexity index is 799. The maximum Gasteiger partial charge on any atom is 0.164 e. The van der Waals surface area contributed by atoms with E-state index in [0.717, 1.165) is 54.6 Å². The summed E-state index contributed by atoms with van der Waals surface area (Å²) in [6.45, 7) is 3.57. The first-order valence-electron chi connectivity index (χ1n) is 9.64. The average Bonchev–Trinajstić information content (AvgIpc) is 2.79. The van der Waals surface area contributed by atoms with E-state index >= 15 is 0 Å². The smallest absolute Gasteiger partial charge is 0.164 e. The molecule has 1 aliphatic rings. The number of hydrogen-bond acceptors (Lipinski definition) is 7. The molecule has 0 bridgehead atoms. The lowest BCUT2D eigenvalue weighted by Crippen LogP contribution is -2.45. The van der Waals surface area contributed by atoms with Gasteiger partial charge in [0.1, 0.15) is 17.2 Å². The summed E-state index contributed by atoms with van der Waals surface area (Å²) in [7, 11) is 8.28. The summed E-state index contributed by atoms with van der Waals surface area (Å²) in [5.41, 5.74) is 1.93.